The Bertz CT molecular complexity index is 1430. The number of piperidine rings is 1. The summed E-state index contributed by atoms with van der Waals surface area (Å²) in [4.78, 5) is 55.3. The largest absolute Gasteiger partial charge is 0.487 e. The maximum atomic E-state index is 13.3. The van der Waals surface area contributed by atoms with Crippen molar-refractivity contribution in [1.29, 1.82) is 0 Å². The van der Waals surface area contributed by atoms with Crippen LogP contribution in [0.25, 0.3) is 10.9 Å². The summed E-state index contributed by atoms with van der Waals surface area (Å²) >= 11 is 0. The van der Waals surface area contributed by atoms with Crippen LogP contribution in [0.1, 0.15) is 47.8 Å². The van der Waals surface area contributed by atoms with E-state index in [2.05, 4.69) is 20.9 Å². The van der Waals surface area contributed by atoms with Gasteiger partial charge in [-0.15, -0.1) is 0 Å². The number of nitrogens with zero attached hydrogens (tertiary/aromatic N) is 2. The molecule has 2 fully saturated rings. The molecule has 5 rings (SSSR count). The molecule has 2 atom stereocenters. The Morgan fingerprint density at radius 2 is 1.82 bits per heavy atom. The highest BCUT2D eigenvalue weighted by Crippen LogP contribution is 2.26. The predicted octanol–water partition coefficient (Wildman–Crippen LogP) is 3.08. The first-order valence-corrected chi connectivity index (χ1v) is 13.5. The van der Waals surface area contributed by atoms with Crippen LogP contribution < -0.4 is 20.7 Å². The number of aromatic nitrogens is 1. The average Bonchev–Trinajstić information content (AvgIpc) is 3.27. The predicted molar refractivity (Wildman–Crippen MR) is 149 cm³/mol. The van der Waals surface area contributed by atoms with Gasteiger partial charge in [0.2, 0.25) is 5.91 Å². The van der Waals surface area contributed by atoms with Crippen LogP contribution in [-0.4, -0.2) is 58.8 Å². The second-order valence-corrected chi connectivity index (χ2v) is 10.4. The number of fused-ring (bicyclic) bond motifs is 1. The van der Waals surface area contributed by atoms with Gasteiger partial charge in [0, 0.05) is 42.7 Å². The van der Waals surface area contributed by atoms with Gasteiger partial charge in [-0.25, -0.2) is 9.78 Å². The molecule has 0 spiro atoms. The summed E-state index contributed by atoms with van der Waals surface area (Å²) in [5.41, 5.74) is 3.11. The smallest absolute Gasteiger partial charge is 0.322 e. The fraction of sp³-hybridized carbons (Fsp3) is 0.367. The number of pyridine rings is 1. The lowest BCUT2D eigenvalue weighted by molar-refractivity contribution is -0.130. The third-order valence-electron chi connectivity index (χ3n) is 7.65. The standard InChI is InChI=1S/C30H33N5O5/c1-18-6-9-22-4-3-5-26(27(22)31-18)40-17-20-7-10-23(11-8-20)28(37)32-24(16-25-29(38)34-30(39)33-25)21-12-14-35(15-13-21)19(2)36/h3-11,21,24-25H,12-17H2,1-2H3,(H,32,37)(H2,33,34,38,39). The molecule has 0 aliphatic carbocycles. The van der Waals surface area contributed by atoms with Gasteiger partial charge < -0.3 is 20.3 Å². The summed E-state index contributed by atoms with van der Waals surface area (Å²) < 4.78 is 6.06. The Hall–Kier alpha value is -4.47. The lowest BCUT2D eigenvalue weighted by atomic mass is 9.85. The molecule has 0 saturated carbocycles. The van der Waals surface area contributed by atoms with Gasteiger partial charge in [-0.05, 0) is 61.9 Å². The van der Waals surface area contributed by atoms with Gasteiger partial charge >= 0.3 is 6.03 Å². The molecular weight excluding hydrogens is 510 g/mol. The van der Waals surface area contributed by atoms with Crippen LogP contribution in [0.3, 0.4) is 0 Å². The number of nitrogens with one attached hydrogen (secondary N) is 3. The lowest BCUT2D eigenvalue weighted by Gasteiger charge is -2.36. The van der Waals surface area contributed by atoms with E-state index in [0.29, 0.717) is 43.9 Å². The Morgan fingerprint density at radius 3 is 2.50 bits per heavy atom. The van der Waals surface area contributed by atoms with Crippen molar-refractivity contribution in [2.45, 2.75) is 51.8 Å². The van der Waals surface area contributed by atoms with E-state index in [1.54, 1.807) is 24.0 Å². The number of ether oxygens (including phenoxy) is 1. The Labute approximate surface area is 232 Å². The number of amides is 5. The second kappa shape index (κ2) is 11.7. The number of benzene rings is 2. The normalized spacial score (nSPS) is 18.2. The van der Waals surface area contributed by atoms with Crippen LogP contribution in [0.4, 0.5) is 4.79 Å². The highest BCUT2D eigenvalue weighted by atomic mass is 16.5. The number of rotatable bonds is 8. The summed E-state index contributed by atoms with van der Waals surface area (Å²) in [6, 6.07) is 15.4. The van der Waals surface area contributed by atoms with Crippen LogP contribution in [0.5, 0.6) is 5.75 Å². The minimum atomic E-state index is -0.712. The third-order valence-corrected chi connectivity index (χ3v) is 7.65. The fourth-order valence-electron chi connectivity index (χ4n) is 5.36. The number of carbonyl (C=O) groups is 4. The monoisotopic (exact) mass is 543 g/mol. The molecule has 5 amide bonds. The van der Waals surface area contributed by atoms with Gasteiger partial charge in [0.1, 0.15) is 23.9 Å². The molecule has 0 radical (unpaired) electrons. The molecule has 10 nitrogen and oxygen atoms in total. The Kier molecular flexibility index (Phi) is 7.95. The third kappa shape index (κ3) is 6.22. The van der Waals surface area contributed by atoms with E-state index in [-0.39, 0.29) is 30.2 Å². The molecule has 208 valence electrons. The zero-order valence-corrected chi connectivity index (χ0v) is 22.6. The molecule has 0 bridgehead atoms. The molecule has 3 aromatic rings. The fourth-order valence-corrected chi connectivity index (χ4v) is 5.36. The molecule has 10 heteroatoms. The van der Waals surface area contributed by atoms with Crippen LogP contribution in [-0.2, 0) is 16.2 Å². The van der Waals surface area contributed by atoms with Crippen LogP contribution in [0.15, 0.2) is 54.6 Å². The van der Waals surface area contributed by atoms with Gasteiger partial charge in [-0.3, -0.25) is 19.7 Å². The van der Waals surface area contributed by atoms with E-state index in [4.69, 9.17) is 4.74 Å². The second-order valence-electron chi connectivity index (χ2n) is 10.4. The number of hydrogen-bond acceptors (Lipinski definition) is 6. The quantitative estimate of drug-likeness (QED) is 0.375. The number of urea groups is 1. The van der Waals surface area contributed by atoms with E-state index in [0.717, 1.165) is 22.2 Å². The SMILES string of the molecule is CC(=O)N1CCC(C(CC2NC(=O)NC2=O)NC(=O)c2ccc(COc3cccc4ccc(C)nc34)cc2)CC1. The van der Waals surface area contributed by atoms with Crippen molar-refractivity contribution in [1.82, 2.24) is 25.8 Å². The van der Waals surface area contributed by atoms with Gasteiger partial charge in [0.25, 0.3) is 11.8 Å². The minimum Gasteiger partial charge on any atom is -0.487 e. The average molecular weight is 544 g/mol. The van der Waals surface area contributed by atoms with E-state index >= 15 is 0 Å². The van der Waals surface area contributed by atoms with E-state index < -0.39 is 18.0 Å². The highest BCUT2D eigenvalue weighted by molar-refractivity contribution is 6.04. The highest BCUT2D eigenvalue weighted by Gasteiger charge is 2.36. The van der Waals surface area contributed by atoms with Crippen LogP contribution in [0, 0.1) is 12.8 Å². The van der Waals surface area contributed by atoms with Crippen LogP contribution in [0.2, 0.25) is 0 Å². The van der Waals surface area contributed by atoms with Crippen molar-refractivity contribution in [2.24, 2.45) is 5.92 Å². The van der Waals surface area contributed by atoms with Crippen molar-refractivity contribution in [3.05, 3.63) is 71.4 Å². The number of likely N-dealkylation sites (tertiary alicyclic amines) is 1. The summed E-state index contributed by atoms with van der Waals surface area (Å²) in [5, 5.41) is 8.99. The molecule has 2 aromatic carbocycles. The maximum Gasteiger partial charge on any atom is 0.322 e. The van der Waals surface area contributed by atoms with Gasteiger partial charge in [0.05, 0.1) is 0 Å². The molecule has 3 N–H and O–H groups in total. The topological polar surface area (TPSA) is 130 Å². The van der Waals surface area contributed by atoms with Crippen molar-refractivity contribution < 1.29 is 23.9 Å². The zero-order valence-electron chi connectivity index (χ0n) is 22.6. The molecule has 3 heterocycles. The molecule has 2 aliphatic rings. The first-order valence-electron chi connectivity index (χ1n) is 13.5. The molecule has 40 heavy (non-hydrogen) atoms. The number of imide groups is 1. The molecule has 1 aromatic heterocycles. The lowest BCUT2D eigenvalue weighted by Crippen LogP contribution is -2.49. The minimum absolute atomic E-state index is 0.0253. The molecular formula is C30H33N5O5. The number of aryl methyl sites for hydroxylation is 1. The first kappa shape index (κ1) is 27.1. The Balaban J connectivity index is 1.24. The summed E-state index contributed by atoms with van der Waals surface area (Å²) in [7, 11) is 0. The van der Waals surface area contributed by atoms with Crippen molar-refractivity contribution in [2.75, 3.05) is 13.1 Å². The number of hydrogen-bond donors (Lipinski definition) is 3. The first-order chi connectivity index (χ1) is 19.3. The number of para-hydroxylation sites is 1. The molecule has 2 saturated heterocycles. The molecule has 2 aliphatic heterocycles. The maximum absolute atomic E-state index is 13.3. The van der Waals surface area contributed by atoms with Gasteiger partial charge in [0.15, 0.2) is 0 Å². The van der Waals surface area contributed by atoms with Crippen molar-refractivity contribution in [3.63, 3.8) is 0 Å². The van der Waals surface area contributed by atoms with E-state index in [1.807, 2.05) is 49.4 Å². The van der Waals surface area contributed by atoms with Crippen molar-refractivity contribution in [3.8, 4) is 5.75 Å². The summed E-state index contributed by atoms with van der Waals surface area (Å²) in [6.45, 7) is 5.00. The number of carbonyl (C=O) groups excluding carboxylic acids is 4. The van der Waals surface area contributed by atoms with Crippen LogP contribution >= 0.6 is 0 Å². The zero-order chi connectivity index (χ0) is 28.2. The van der Waals surface area contributed by atoms with E-state index in [1.165, 1.54) is 0 Å². The Morgan fingerprint density at radius 1 is 1.07 bits per heavy atom. The van der Waals surface area contributed by atoms with Gasteiger partial charge in [-0.1, -0.05) is 30.3 Å². The van der Waals surface area contributed by atoms with Gasteiger partial charge in [-0.2, -0.15) is 0 Å². The van der Waals surface area contributed by atoms with Crippen molar-refractivity contribution >= 4 is 34.7 Å². The summed E-state index contributed by atoms with van der Waals surface area (Å²) in [5.74, 6) is 0.133. The molecule has 2 unspecified atom stereocenters. The van der Waals surface area contributed by atoms with E-state index in [9.17, 15) is 19.2 Å². The summed E-state index contributed by atoms with van der Waals surface area (Å²) in [6.07, 6.45) is 1.68.